The Morgan fingerprint density at radius 1 is 1.05 bits per heavy atom. The van der Waals surface area contributed by atoms with Crippen LogP contribution in [0.15, 0.2) is 30.3 Å². The van der Waals surface area contributed by atoms with E-state index in [9.17, 15) is 9.59 Å². The highest BCUT2D eigenvalue weighted by atomic mass is 16.6. The van der Waals surface area contributed by atoms with Crippen LogP contribution in [0.25, 0.3) is 0 Å². The summed E-state index contributed by atoms with van der Waals surface area (Å²) < 4.78 is 10.3. The molecule has 0 saturated carbocycles. The summed E-state index contributed by atoms with van der Waals surface area (Å²) in [5.74, 6) is -0.258. The van der Waals surface area contributed by atoms with Crippen molar-refractivity contribution >= 4 is 12.1 Å². The number of alkyl carbamates (subject to hydrolysis) is 1. The van der Waals surface area contributed by atoms with E-state index >= 15 is 0 Å². The normalized spacial score (nSPS) is 12.1. The van der Waals surface area contributed by atoms with Crippen LogP contribution in [0.3, 0.4) is 0 Å². The van der Waals surface area contributed by atoms with Gasteiger partial charge in [0.25, 0.3) is 0 Å². The largest absolute Gasteiger partial charge is 0.464 e. The molecule has 22 heavy (non-hydrogen) atoms. The van der Waals surface area contributed by atoms with Crippen molar-refractivity contribution in [2.24, 2.45) is 11.8 Å². The first-order chi connectivity index (χ1) is 10.4. The third kappa shape index (κ3) is 6.61. The lowest BCUT2D eigenvalue weighted by molar-refractivity contribution is -0.148. The number of carbonyl (C=O) groups excluding carboxylic acids is 2. The summed E-state index contributed by atoms with van der Waals surface area (Å²) in [6.45, 7) is 8.11. The molecule has 1 aromatic carbocycles. The first-order valence-electron chi connectivity index (χ1n) is 7.54. The van der Waals surface area contributed by atoms with Crippen molar-refractivity contribution in [2.75, 3.05) is 6.61 Å². The number of ether oxygens (including phenoxy) is 2. The van der Waals surface area contributed by atoms with Crippen molar-refractivity contribution in [3.05, 3.63) is 35.9 Å². The predicted molar refractivity (Wildman–Crippen MR) is 84.2 cm³/mol. The van der Waals surface area contributed by atoms with Crippen LogP contribution in [0.5, 0.6) is 0 Å². The topological polar surface area (TPSA) is 64.6 Å². The maximum Gasteiger partial charge on any atom is 0.408 e. The lowest BCUT2D eigenvalue weighted by Crippen LogP contribution is -2.45. The first kappa shape index (κ1) is 18.0. The molecule has 0 radical (unpaired) electrons. The van der Waals surface area contributed by atoms with Gasteiger partial charge in [0.1, 0.15) is 12.6 Å². The third-order valence-corrected chi connectivity index (χ3v) is 2.97. The zero-order valence-corrected chi connectivity index (χ0v) is 13.7. The molecule has 0 unspecified atom stereocenters. The average molecular weight is 307 g/mol. The first-order valence-corrected chi connectivity index (χ1v) is 7.54. The zero-order valence-electron chi connectivity index (χ0n) is 13.7. The molecule has 0 fully saturated rings. The van der Waals surface area contributed by atoms with Crippen LogP contribution in [-0.4, -0.2) is 24.7 Å². The summed E-state index contributed by atoms with van der Waals surface area (Å²) in [7, 11) is 0. The minimum absolute atomic E-state index is 0.0797. The van der Waals surface area contributed by atoms with Crippen LogP contribution < -0.4 is 5.32 Å². The van der Waals surface area contributed by atoms with E-state index in [0.29, 0.717) is 6.61 Å². The molecular weight excluding hydrogens is 282 g/mol. The maximum absolute atomic E-state index is 12.0. The second-order valence-electron chi connectivity index (χ2n) is 5.95. The number of rotatable bonds is 7. The van der Waals surface area contributed by atoms with Crippen molar-refractivity contribution in [1.29, 1.82) is 0 Å². The smallest absolute Gasteiger partial charge is 0.408 e. The van der Waals surface area contributed by atoms with E-state index in [4.69, 9.17) is 9.47 Å². The standard InChI is InChI=1S/C17H25NO4/c1-12(2)10-21-16(19)15(13(3)4)18-17(20)22-11-14-8-6-5-7-9-14/h5-9,12-13,15H,10-11H2,1-4H3,(H,18,20)/t15-/m1/s1. The summed E-state index contributed by atoms with van der Waals surface area (Å²) in [6, 6.07) is 8.66. The fraction of sp³-hybridized carbons (Fsp3) is 0.529. The second kappa shape index (κ2) is 9.07. The Hall–Kier alpha value is -2.04. The van der Waals surface area contributed by atoms with Crippen LogP contribution >= 0.6 is 0 Å². The fourth-order valence-corrected chi connectivity index (χ4v) is 1.73. The quantitative estimate of drug-likeness (QED) is 0.786. The Balaban J connectivity index is 2.48. The lowest BCUT2D eigenvalue weighted by Gasteiger charge is -2.21. The maximum atomic E-state index is 12.0. The third-order valence-electron chi connectivity index (χ3n) is 2.97. The van der Waals surface area contributed by atoms with Gasteiger partial charge in [0.15, 0.2) is 0 Å². The molecule has 122 valence electrons. The SMILES string of the molecule is CC(C)COC(=O)[C@H](NC(=O)OCc1ccccc1)C(C)C. The van der Waals surface area contributed by atoms with Crippen LogP contribution in [0.4, 0.5) is 4.79 Å². The summed E-state index contributed by atoms with van der Waals surface area (Å²) in [4.78, 5) is 23.8. The molecule has 0 aliphatic rings. The number of hydrogen-bond donors (Lipinski definition) is 1. The number of benzene rings is 1. The van der Waals surface area contributed by atoms with E-state index < -0.39 is 18.1 Å². The number of amides is 1. The van der Waals surface area contributed by atoms with Crippen LogP contribution in [-0.2, 0) is 20.9 Å². The highest BCUT2D eigenvalue weighted by Crippen LogP contribution is 2.07. The summed E-state index contributed by atoms with van der Waals surface area (Å²) in [5, 5.41) is 2.57. The van der Waals surface area contributed by atoms with Gasteiger partial charge in [-0.2, -0.15) is 0 Å². The predicted octanol–water partition coefficient (Wildman–Crippen LogP) is 3.14. The van der Waals surface area contributed by atoms with E-state index in [0.717, 1.165) is 5.56 Å². The number of nitrogens with one attached hydrogen (secondary N) is 1. The van der Waals surface area contributed by atoms with Gasteiger partial charge in [0.2, 0.25) is 0 Å². The van der Waals surface area contributed by atoms with E-state index in [1.54, 1.807) is 0 Å². The molecule has 0 aromatic heterocycles. The van der Waals surface area contributed by atoms with Crippen molar-refractivity contribution in [3.8, 4) is 0 Å². The van der Waals surface area contributed by atoms with Gasteiger partial charge in [-0.3, -0.25) is 0 Å². The number of carbonyl (C=O) groups is 2. The molecule has 1 aromatic rings. The van der Waals surface area contributed by atoms with Crippen LogP contribution in [0, 0.1) is 11.8 Å². The highest BCUT2D eigenvalue weighted by Gasteiger charge is 2.26. The summed E-state index contributed by atoms with van der Waals surface area (Å²) in [5.41, 5.74) is 0.890. The Morgan fingerprint density at radius 2 is 1.68 bits per heavy atom. The van der Waals surface area contributed by atoms with Gasteiger partial charge in [-0.15, -0.1) is 0 Å². The van der Waals surface area contributed by atoms with Gasteiger partial charge in [0.05, 0.1) is 6.61 Å². The molecule has 0 aliphatic carbocycles. The summed E-state index contributed by atoms with van der Waals surface area (Å²) in [6.07, 6.45) is -0.621. The molecule has 1 atom stereocenters. The molecule has 0 spiro atoms. The molecule has 0 saturated heterocycles. The van der Waals surface area contributed by atoms with E-state index in [1.165, 1.54) is 0 Å². The number of hydrogen-bond acceptors (Lipinski definition) is 4. The van der Waals surface area contributed by atoms with Gasteiger partial charge in [-0.1, -0.05) is 58.0 Å². The Labute approximate surface area is 132 Å². The van der Waals surface area contributed by atoms with Gasteiger partial charge < -0.3 is 14.8 Å². The molecular formula is C17H25NO4. The minimum atomic E-state index is -0.706. The van der Waals surface area contributed by atoms with Gasteiger partial charge in [-0.05, 0) is 17.4 Å². The van der Waals surface area contributed by atoms with Crippen molar-refractivity contribution < 1.29 is 19.1 Å². The molecule has 5 nitrogen and oxygen atoms in total. The van der Waals surface area contributed by atoms with Gasteiger partial charge in [0, 0.05) is 0 Å². The monoisotopic (exact) mass is 307 g/mol. The van der Waals surface area contributed by atoms with Gasteiger partial charge in [-0.25, -0.2) is 9.59 Å². The Morgan fingerprint density at radius 3 is 2.23 bits per heavy atom. The average Bonchev–Trinajstić information content (AvgIpc) is 2.49. The van der Waals surface area contributed by atoms with Crippen LogP contribution in [0.1, 0.15) is 33.3 Å². The summed E-state index contributed by atoms with van der Waals surface area (Å²) >= 11 is 0. The minimum Gasteiger partial charge on any atom is -0.464 e. The molecule has 0 aliphatic heterocycles. The van der Waals surface area contributed by atoms with Crippen molar-refractivity contribution in [2.45, 2.75) is 40.3 Å². The van der Waals surface area contributed by atoms with E-state index in [1.807, 2.05) is 58.0 Å². The van der Waals surface area contributed by atoms with Crippen LogP contribution in [0.2, 0.25) is 0 Å². The van der Waals surface area contributed by atoms with E-state index in [-0.39, 0.29) is 18.4 Å². The fourth-order valence-electron chi connectivity index (χ4n) is 1.73. The van der Waals surface area contributed by atoms with Crippen molar-refractivity contribution in [3.63, 3.8) is 0 Å². The molecule has 1 rings (SSSR count). The second-order valence-corrected chi connectivity index (χ2v) is 5.95. The Bertz CT molecular complexity index is 471. The zero-order chi connectivity index (χ0) is 16.5. The molecule has 5 heteroatoms. The van der Waals surface area contributed by atoms with Gasteiger partial charge >= 0.3 is 12.1 Å². The van der Waals surface area contributed by atoms with Crippen molar-refractivity contribution in [1.82, 2.24) is 5.32 Å². The number of esters is 1. The molecule has 0 bridgehead atoms. The van der Waals surface area contributed by atoms with E-state index in [2.05, 4.69) is 5.32 Å². The lowest BCUT2D eigenvalue weighted by atomic mass is 10.1. The molecule has 1 amide bonds. The highest BCUT2D eigenvalue weighted by molar-refractivity contribution is 5.81. The molecule has 1 N–H and O–H groups in total. The molecule has 0 heterocycles. The Kier molecular flexibility index (Phi) is 7.43.